The highest BCUT2D eigenvalue weighted by molar-refractivity contribution is 6.04. The number of halogens is 1. The minimum atomic E-state index is -0.488. The van der Waals surface area contributed by atoms with Crippen LogP contribution in [0.1, 0.15) is 36.8 Å². The van der Waals surface area contributed by atoms with Crippen molar-refractivity contribution in [1.29, 1.82) is 0 Å². The zero-order valence-corrected chi connectivity index (χ0v) is 23.7. The quantitative estimate of drug-likeness (QED) is 0.355. The van der Waals surface area contributed by atoms with Gasteiger partial charge in [-0.2, -0.15) is 9.97 Å². The smallest absolute Gasteiger partial charge is 0.318 e. The summed E-state index contributed by atoms with van der Waals surface area (Å²) < 4.78 is 20.1. The predicted octanol–water partition coefficient (Wildman–Crippen LogP) is 4.64. The number of ether oxygens (including phenoxy) is 1. The lowest BCUT2D eigenvalue weighted by atomic mass is 9.92. The first-order chi connectivity index (χ1) is 19.9. The number of pyridine rings is 1. The number of fused-ring (bicyclic) bond motifs is 4. The van der Waals surface area contributed by atoms with Gasteiger partial charge in [-0.3, -0.25) is 4.98 Å². The molecular formula is C32H35FN6O2. The topological polar surface area (TPSA) is 86.6 Å². The van der Waals surface area contributed by atoms with Gasteiger partial charge in [0.25, 0.3) is 0 Å². The third kappa shape index (κ3) is 5.14. The molecule has 1 unspecified atom stereocenters. The SMILES string of the molecule is C#Cc1c(F)ccc2cc(O)cc(-c3cnc4c(N5CC6CC[C@@H](C5)N6)nc(OC)nc4c3C)c12.CN1CCCC1. The van der Waals surface area contributed by atoms with Crippen LogP contribution in [0.25, 0.3) is 32.9 Å². The van der Waals surface area contributed by atoms with E-state index in [1.54, 1.807) is 31.5 Å². The van der Waals surface area contributed by atoms with Crippen LogP contribution in [0, 0.1) is 25.1 Å². The standard InChI is InChI=1S/C27H24FN5O2.C5H11N/c1-4-19-22(28)8-5-15-9-18(34)10-20(23(15)19)21-11-29-25-24(14(21)2)31-27(35-3)32-26(25)33-12-16-6-7-17(13-33)30-16;1-6-4-2-3-5-6/h1,5,8-11,16-17,30,34H,6-7,12-13H2,2-3H3;2-5H2,1H3/t16-,17?;/m0./s1. The number of terminal acetylenes is 1. The summed E-state index contributed by atoms with van der Waals surface area (Å²) in [6.07, 6.45) is 12.5. The molecule has 2 bridgehead atoms. The van der Waals surface area contributed by atoms with Gasteiger partial charge in [0.2, 0.25) is 0 Å². The number of phenolic OH excluding ortho intramolecular Hbond substituents is 1. The number of hydrogen-bond acceptors (Lipinski definition) is 8. The maximum Gasteiger partial charge on any atom is 0.318 e. The lowest BCUT2D eigenvalue weighted by Crippen LogP contribution is -2.51. The minimum absolute atomic E-state index is 0.0545. The van der Waals surface area contributed by atoms with Crippen LogP contribution in [0.3, 0.4) is 0 Å². The number of rotatable bonds is 3. The highest BCUT2D eigenvalue weighted by Gasteiger charge is 2.34. The van der Waals surface area contributed by atoms with Crippen molar-refractivity contribution >= 4 is 27.6 Å². The van der Waals surface area contributed by atoms with Gasteiger partial charge in [0.05, 0.1) is 12.7 Å². The molecule has 2 aromatic carbocycles. The molecule has 8 nitrogen and oxygen atoms in total. The summed E-state index contributed by atoms with van der Waals surface area (Å²) in [6, 6.07) is 7.22. The fraction of sp³-hybridized carbons (Fsp3) is 0.406. The highest BCUT2D eigenvalue weighted by Crippen LogP contribution is 2.39. The van der Waals surface area contributed by atoms with Crippen LogP contribution in [0.4, 0.5) is 10.2 Å². The molecule has 2 atom stereocenters. The van der Waals surface area contributed by atoms with E-state index in [9.17, 15) is 9.50 Å². The van der Waals surface area contributed by atoms with E-state index in [2.05, 4.69) is 38.1 Å². The number of nitrogens with one attached hydrogen (secondary N) is 1. The lowest BCUT2D eigenvalue weighted by molar-refractivity contribution is 0.380. The Hall–Kier alpha value is -4.00. The number of aromatic nitrogens is 3. The summed E-state index contributed by atoms with van der Waals surface area (Å²) in [6.45, 7) is 6.26. The molecule has 212 valence electrons. The first-order valence-electron chi connectivity index (χ1n) is 14.2. The molecular weight excluding hydrogens is 519 g/mol. The monoisotopic (exact) mass is 554 g/mol. The summed E-state index contributed by atoms with van der Waals surface area (Å²) in [5, 5.41) is 15.3. The van der Waals surface area contributed by atoms with Crippen molar-refractivity contribution in [2.45, 2.75) is 44.7 Å². The van der Waals surface area contributed by atoms with E-state index in [1.165, 1.54) is 32.0 Å². The normalized spacial score (nSPS) is 20.2. The van der Waals surface area contributed by atoms with E-state index in [-0.39, 0.29) is 17.3 Å². The molecule has 3 aliphatic rings. The number of methoxy groups -OCH3 is 1. The summed E-state index contributed by atoms with van der Waals surface area (Å²) in [7, 11) is 3.72. The van der Waals surface area contributed by atoms with Crippen LogP contribution in [-0.4, -0.2) is 77.4 Å². The molecule has 9 heteroatoms. The van der Waals surface area contributed by atoms with Gasteiger partial charge in [-0.1, -0.05) is 12.0 Å². The van der Waals surface area contributed by atoms with Gasteiger partial charge >= 0.3 is 6.01 Å². The average molecular weight is 555 g/mol. The van der Waals surface area contributed by atoms with Crippen LogP contribution in [0.5, 0.6) is 11.8 Å². The number of aromatic hydroxyl groups is 1. The maximum atomic E-state index is 14.6. The summed E-state index contributed by atoms with van der Waals surface area (Å²) in [5.74, 6) is 2.79. The van der Waals surface area contributed by atoms with E-state index in [0.29, 0.717) is 45.0 Å². The molecule has 2 aromatic heterocycles. The second-order valence-corrected chi connectivity index (χ2v) is 11.2. The van der Waals surface area contributed by atoms with Crippen LogP contribution in [0.15, 0.2) is 30.5 Å². The van der Waals surface area contributed by atoms with E-state index in [1.807, 2.05) is 6.92 Å². The Morgan fingerprint density at radius 3 is 2.44 bits per heavy atom. The Balaban J connectivity index is 0.000000449. The van der Waals surface area contributed by atoms with E-state index in [4.69, 9.17) is 16.1 Å². The number of aryl methyl sites for hydroxylation is 1. The molecule has 3 aliphatic heterocycles. The summed E-state index contributed by atoms with van der Waals surface area (Å²) in [5.41, 5.74) is 3.58. The molecule has 7 rings (SSSR count). The van der Waals surface area contributed by atoms with Gasteiger partial charge in [0.15, 0.2) is 5.82 Å². The third-order valence-electron chi connectivity index (χ3n) is 8.44. The Morgan fingerprint density at radius 1 is 1.07 bits per heavy atom. The van der Waals surface area contributed by atoms with Crippen molar-refractivity contribution in [3.63, 3.8) is 0 Å². The molecule has 2 N–H and O–H groups in total. The van der Waals surface area contributed by atoms with Gasteiger partial charge < -0.3 is 25.0 Å². The molecule has 0 saturated carbocycles. The largest absolute Gasteiger partial charge is 0.508 e. The zero-order chi connectivity index (χ0) is 28.7. The van der Waals surface area contributed by atoms with Crippen molar-refractivity contribution in [2.75, 3.05) is 45.2 Å². The van der Waals surface area contributed by atoms with E-state index in [0.717, 1.165) is 37.3 Å². The molecule has 0 radical (unpaired) electrons. The number of benzene rings is 2. The van der Waals surface area contributed by atoms with Crippen LogP contribution in [-0.2, 0) is 0 Å². The Kier molecular flexibility index (Phi) is 7.37. The summed E-state index contributed by atoms with van der Waals surface area (Å²) in [4.78, 5) is 18.7. The molecule has 0 amide bonds. The van der Waals surface area contributed by atoms with E-state index >= 15 is 0 Å². The number of anilines is 1. The summed E-state index contributed by atoms with van der Waals surface area (Å²) >= 11 is 0. The maximum absolute atomic E-state index is 14.6. The van der Waals surface area contributed by atoms with E-state index < -0.39 is 5.82 Å². The second kappa shape index (κ2) is 11.1. The molecule has 3 saturated heterocycles. The van der Waals surface area contributed by atoms with Gasteiger partial charge in [0.1, 0.15) is 22.6 Å². The number of phenols is 1. The number of nitrogens with zero attached hydrogens (tertiary/aromatic N) is 5. The second-order valence-electron chi connectivity index (χ2n) is 11.2. The minimum Gasteiger partial charge on any atom is -0.508 e. The van der Waals surface area contributed by atoms with Crippen molar-refractivity contribution in [1.82, 2.24) is 25.2 Å². The number of piperazine rings is 1. The fourth-order valence-electron chi connectivity index (χ4n) is 6.36. The predicted molar refractivity (Wildman–Crippen MR) is 160 cm³/mol. The first kappa shape index (κ1) is 27.2. The van der Waals surface area contributed by atoms with Gasteiger partial charge in [-0.05, 0) is 87.5 Å². The Labute approximate surface area is 239 Å². The van der Waals surface area contributed by atoms with Crippen LogP contribution < -0.4 is 15.0 Å². The van der Waals surface area contributed by atoms with Crippen molar-refractivity contribution in [3.05, 3.63) is 47.4 Å². The zero-order valence-electron chi connectivity index (χ0n) is 23.7. The third-order valence-corrected chi connectivity index (χ3v) is 8.44. The highest BCUT2D eigenvalue weighted by atomic mass is 19.1. The van der Waals surface area contributed by atoms with Gasteiger partial charge in [-0.15, -0.1) is 6.42 Å². The van der Waals surface area contributed by atoms with Crippen molar-refractivity contribution in [2.24, 2.45) is 0 Å². The van der Waals surface area contributed by atoms with Gasteiger partial charge in [0, 0.05) is 42.3 Å². The number of likely N-dealkylation sites (tertiary alicyclic amines) is 1. The average Bonchev–Trinajstić information content (AvgIpc) is 3.59. The van der Waals surface area contributed by atoms with Crippen LogP contribution >= 0.6 is 0 Å². The van der Waals surface area contributed by atoms with Crippen LogP contribution in [0.2, 0.25) is 0 Å². The fourth-order valence-corrected chi connectivity index (χ4v) is 6.36. The van der Waals surface area contributed by atoms with Gasteiger partial charge in [-0.25, -0.2) is 4.39 Å². The van der Waals surface area contributed by atoms with Crippen molar-refractivity contribution < 1.29 is 14.2 Å². The molecule has 0 spiro atoms. The Bertz CT molecular complexity index is 1650. The molecule has 5 heterocycles. The molecule has 0 aliphatic carbocycles. The molecule has 41 heavy (non-hydrogen) atoms. The molecule has 3 fully saturated rings. The Morgan fingerprint density at radius 2 is 1.80 bits per heavy atom. The molecule has 4 aromatic rings. The van der Waals surface area contributed by atoms with Crippen molar-refractivity contribution in [3.8, 4) is 35.2 Å². The first-order valence-corrected chi connectivity index (χ1v) is 14.2. The lowest BCUT2D eigenvalue weighted by Gasteiger charge is -2.34. The number of hydrogen-bond donors (Lipinski definition) is 2.